The Balaban J connectivity index is 1.80. The normalized spacial score (nSPS) is 33.8. The van der Waals surface area contributed by atoms with Gasteiger partial charge in [0.05, 0.1) is 12.0 Å². The zero-order chi connectivity index (χ0) is 13.5. The van der Waals surface area contributed by atoms with Crippen molar-refractivity contribution in [2.75, 3.05) is 4.90 Å². The van der Waals surface area contributed by atoms with Crippen molar-refractivity contribution < 1.29 is 4.79 Å². The van der Waals surface area contributed by atoms with Crippen molar-refractivity contribution in [3.05, 3.63) is 54.8 Å². The smallest absolute Gasteiger partial charge is 0.237 e. The van der Waals surface area contributed by atoms with E-state index in [4.69, 9.17) is 0 Å². The molecule has 1 fully saturated rings. The molecule has 4 rings (SSSR count). The van der Waals surface area contributed by atoms with E-state index in [2.05, 4.69) is 16.4 Å². The second-order valence-corrected chi connectivity index (χ2v) is 5.30. The Morgan fingerprint density at radius 2 is 2.00 bits per heavy atom. The highest BCUT2D eigenvalue weighted by Gasteiger charge is 2.48. The number of fused-ring (bicyclic) bond motifs is 3. The van der Waals surface area contributed by atoms with E-state index in [1.807, 2.05) is 53.6 Å². The average Bonchev–Trinajstić information content (AvgIpc) is 2.99. The number of amides is 1. The second-order valence-electron chi connectivity index (χ2n) is 5.30. The molecule has 3 aliphatic rings. The lowest BCUT2D eigenvalue weighted by Gasteiger charge is -2.44. The minimum atomic E-state index is -0.149. The lowest BCUT2D eigenvalue weighted by Crippen LogP contribution is -2.60. The first-order chi connectivity index (χ1) is 9.86. The van der Waals surface area contributed by atoms with Crippen molar-refractivity contribution in [2.24, 2.45) is 16.8 Å². The molecule has 1 N–H and O–H groups in total. The van der Waals surface area contributed by atoms with Gasteiger partial charge in [0.1, 0.15) is 6.17 Å². The Kier molecular flexibility index (Phi) is 2.49. The van der Waals surface area contributed by atoms with Gasteiger partial charge < -0.3 is 5.32 Å². The van der Waals surface area contributed by atoms with Crippen LogP contribution in [0, 0.1) is 11.8 Å². The molecule has 4 heteroatoms. The van der Waals surface area contributed by atoms with E-state index >= 15 is 0 Å². The summed E-state index contributed by atoms with van der Waals surface area (Å²) in [6.45, 7) is 0. The van der Waals surface area contributed by atoms with Gasteiger partial charge in [0, 0.05) is 17.8 Å². The van der Waals surface area contributed by atoms with Crippen LogP contribution in [0.4, 0.5) is 5.69 Å². The fraction of sp³-hybridized carbons (Fsp3) is 0.250. The predicted molar refractivity (Wildman–Crippen MR) is 78.4 cm³/mol. The van der Waals surface area contributed by atoms with Gasteiger partial charge in [0.2, 0.25) is 5.91 Å². The number of rotatable bonds is 1. The summed E-state index contributed by atoms with van der Waals surface area (Å²) in [6, 6.07) is 9.93. The maximum absolute atomic E-state index is 12.8. The summed E-state index contributed by atoms with van der Waals surface area (Å²) in [5.41, 5.74) is 0.915. The largest absolute Gasteiger partial charge is 0.387 e. The molecule has 1 aromatic carbocycles. The number of carbonyl (C=O) groups is 1. The summed E-state index contributed by atoms with van der Waals surface area (Å²) < 4.78 is 0. The summed E-state index contributed by atoms with van der Waals surface area (Å²) in [4.78, 5) is 19.2. The van der Waals surface area contributed by atoms with Gasteiger partial charge in [-0.3, -0.25) is 14.7 Å². The van der Waals surface area contributed by atoms with Gasteiger partial charge in [-0.05, 0) is 24.4 Å². The Morgan fingerprint density at radius 3 is 2.85 bits per heavy atom. The Bertz CT molecular complexity index is 620. The number of hydrogen-bond acceptors (Lipinski definition) is 3. The molecule has 0 saturated carbocycles. The van der Waals surface area contributed by atoms with Crippen molar-refractivity contribution in [3.8, 4) is 0 Å². The number of nitrogens with one attached hydrogen (secondary N) is 1. The predicted octanol–water partition coefficient (Wildman–Crippen LogP) is 1.72. The van der Waals surface area contributed by atoms with Gasteiger partial charge in [0.25, 0.3) is 0 Å². The minimum Gasteiger partial charge on any atom is -0.387 e. The van der Waals surface area contributed by atoms with Crippen LogP contribution in [0.5, 0.6) is 0 Å². The monoisotopic (exact) mass is 265 g/mol. The van der Waals surface area contributed by atoms with Crippen LogP contribution in [0.2, 0.25) is 0 Å². The van der Waals surface area contributed by atoms with Crippen molar-refractivity contribution in [1.82, 2.24) is 5.32 Å². The number of aliphatic imine (C=N–C) groups is 1. The zero-order valence-corrected chi connectivity index (χ0v) is 10.9. The summed E-state index contributed by atoms with van der Waals surface area (Å²) in [7, 11) is 0. The SMILES string of the molecule is O=C1C2C=CNC2C2C=CC=NC2N1c1ccccc1. The minimum absolute atomic E-state index is 0.102. The number of allylic oxidation sites excluding steroid dienone is 1. The molecule has 20 heavy (non-hydrogen) atoms. The molecule has 100 valence electrons. The van der Waals surface area contributed by atoms with Crippen molar-refractivity contribution in [3.63, 3.8) is 0 Å². The third-order valence-electron chi connectivity index (χ3n) is 4.22. The summed E-state index contributed by atoms with van der Waals surface area (Å²) in [5.74, 6) is 0.225. The van der Waals surface area contributed by atoms with E-state index in [-0.39, 0.29) is 30.0 Å². The number of hydrogen-bond donors (Lipinski definition) is 1. The van der Waals surface area contributed by atoms with Gasteiger partial charge in [-0.2, -0.15) is 0 Å². The molecule has 4 nitrogen and oxygen atoms in total. The highest BCUT2D eigenvalue weighted by atomic mass is 16.2. The molecule has 3 aliphatic heterocycles. The quantitative estimate of drug-likeness (QED) is 0.840. The van der Waals surface area contributed by atoms with Crippen molar-refractivity contribution in [2.45, 2.75) is 12.2 Å². The number of para-hydroxylation sites is 1. The highest BCUT2D eigenvalue weighted by molar-refractivity contribution is 5.99. The van der Waals surface area contributed by atoms with E-state index in [1.165, 1.54) is 0 Å². The van der Waals surface area contributed by atoms with Gasteiger partial charge in [-0.1, -0.05) is 30.4 Å². The number of dihydropyridines is 1. The van der Waals surface area contributed by atoms with Crippen LogP contribution in [-0.4, -0.2) is 24.3 Å². The number of carbonyl (C=O) groups excluding carboxylic acids is 1. The van der Waals surface area contributed by atoms with E-state index in [1.54, 1.807) is 6.21 Å². The molecule has 1 aromatic rings. The molecule has 4 atom stereocenters. The first kappa shape index (κ1) is 11.5. The molecule has 0 bridgehead atoms. The lowest BCUT2D eigenvalue weighted by molar-refractivity contribution is -0.124. The molecule has 0 aliphatic carbocycles. The standard InChI is InChI=1S/C16H15N3O/c20-16-13-8-10-17-14(13)12-7-4-9-18-15(12)19(16)11-5-2-1-3-6-11/h1-10,12-15,17H. The third-order valence-corrected chi connectivity index (χ3v) is 4.22. The van der Waals surface area contributed by atoms with E-state index < -0.39 is 0 Å². The molecule has 1 amide bonds. The van der Waals surface area contributed by atoms with Crippen LogP contribution in [0.15, 0.2) is 59.8 Å². The summed E-state index contributed by atoms with van der Waals surface area (Å²) in [5, 5.41) is 3.31. The first-order valence-corrected chi connectivity index (χ1v) is 6.87. The van der Waals surface area contributed by atoms with Gasteiger partial charge in [0.15, 0.2) is 0 Å². The van der Waals surface area contributed by atoms with Crippen LogP contribution >= 0.6 is 0 Å². The van der Waals surface area contributed by atoms with Crippen LogP contribution in [0.3, 0.4) is 0 Å². The molecule has 0 aromatic heterocycles. The van der Waals surface area contributed by atoms with Gasteiger partial charge in [-0.15, -0.1) is 0 Å². The van der Waals surface area contributed by atoms with Gasteiger partial charge in [-0.25, -0.2) is 0 Å². The van der Waals surface area contributed by atoms with E-state index in [9.17, 15) is 4.79 Å². The first-order valence-electron chi connectivity index (χ1n) is 6.87. The molecule has 4 unspecified atom stereocenters. The lowest BCUT2D eigenvalue weighted by atomic mass is 9.81. The van der Waals surface area contributed by atoms with Gasteiger partial charge >= 0.3 is 0 Å². The molecule has 0 spiro atoms. The molecule has 0 radical (unpaired) electrons. The zero-order valence-electron chi connectivity index (χ0n) is 10.9. The molecule has 1 saturated heterocycles. The van der Waals surface area contributed by atoms with Crippen LogP contribution < -0.4 is 10.2 Å². The fourth-order valence-corrected chi connectivity index (χ4v) is 3.30. The van der Waals surface area contributed by atoms with Crippen molar-refractivity contribution >= 4 is 17.8 Å². The van der Waals surface area contributed by atoms with E-state index in [0.29, 0.717) is 0 Å². The van der Waals surface area contributed by atoms with Crippen LogP contribution in [-0.2, 0) is 4.79 Å². The Morgan fingerprint density at radius 1 is 1.15 bits per heavy atom. The maximum atomic E-state index is 12.8. The number of benzene rings is 1. The maximum Gasteiger partial charge on any atom is 0.237 e. The molecular formula is C16H15N3O. The average molecular weight is 265 g/mol. The number of nitrogens with zero attached hydrogens (tertiary/aromatic N) is 2. The number of anilines is 1. The molecular weight excluding hydrogens is 250 g/mol. The van der Waals surface area contributed by atoms with Crippen LogP contribution in [0.25, 0.3) is 0 Å². The molecule has 3 heterocycles. The third kappa shape index (κ3) is 1.54. The summed E-state index contributed by atoms with van der Waals surface area (Å²) >= 11 is 0. The van der Waals surface area contributed by atoms with E-state index in [0.717, 1.165) is 5.69 Å². The van der Waals surface area contributed by atoms with Crippen molar-refractivity contribution in [1.29, 1.82) is 0 Å². The highest BCUT2D eigenvalue weighted by Crippen LogP contribution is 2.37. The fourth-order valence-electron chi connectivity index (χ4n) is 3.30. The Hall–Kier alpha value is -2.36. The Labute approximate surface area is 117 Å². The number of piperidine rings is 1. The van der Waals surface area contributed by atoms with Crippen LogP contribution in [0.1, 0.15) is 0 Å². The topological polar surface area (TPSA) is 44.7 Å². The summed E-state index contributed by atoms with van der Waals surface area (Å²) in [6.07, 6.45) is 9.61. The second kappa shape index (κ2) is 4.34.